The number of methoxy groups -OCH3 is 2. The molecule has 0 aliphatic heterocycles. The summed E-state index contributed by atoms with van der Waals surface area (Å²) in [5, 5.41) is 11.6. The molecule has 1 amide bonds. The molecule has 2 rings (SSSR count). The molecule has 24 heavy (non-hydrogen) atoms. The van der Waals surface area contributed by atoms with E-state index in [0.717, 1.165) is 0 Å². The number of anilines is 1. The molecule has 0 atom stereocenters. The minimum absolute atomic E-state index is 0.103. The zero-order valence-electron chi connectivity index (χ0n) is 13.3. The Labute approximate surface area is 139 Å². The van der Waals surface area contributed by atoms with Gasteiger partial charge in [-0.1, -0.05) is 6.07 Å². The predicted molar refractivity (Wildman–Crippen MR) is 90.6 cm³/mol. The average Bonchev–Trinajstić information content (AvgIpc) is 2.59. The van der Waals surface area contributed by atoms with Gasteiger partial charge < -0.3 is 19.9 Å². The van der Waals surface area contributed by atoms with E-state index >= 15 is 0 Å². The van der Waals surface area contributed by atoms with Crippen LogP contribution in [0.4, 0.5) is 5.69 Å². The van der Waals surface area contributed by atoms with Crippen LogP contribution in [0.25, 0.3) is 6.08 Å². The van der Waals surface area contributed by atoms with Gasteiger partial charge >= 0.3 is 5.97 Å². The van der Waals surface area contributed by atoms with Gasteiger partial charge in [-0.2, -0.15) is 0 Å². The maximum absolute atomic E-state index is 12.0. The average molecular weight is 327 g/mol. The Bertz CT molecular complexity index is 783. The van der Waals surface area contributed by atoms with Gasteiger partial charge in [-0.15, -0.1) is 0 Å². The van der Waals surface area contributed by atoms with E-state index in [0.29, 0.717) is 22.7 Å². The number of rotatable bonds is 6. The van der Waals surface area contributed by atoms with Gasteiger partial charge in [0.1, 0.15) is 11.5 Å². The van der Waals surface area contributed by atoms with Gasteiger partial charge in [0, 0.05) is 17.3 Å². The fourth-order valence-electron chi connectivity index (χ4n) is 2.05. The summed E-state index contributed by atoms with van der Waals surface area (Å²) in [5.74, 6) is -0.192. The fourth-order valence-corrected chi connectivity index (χ4v) is 2.05. The Morgan fingerprint density at radius 1 is 1.08 bits per heavy atom. The molecule has 124 valence electrons. The van der Waals surface area contributed by atoms with Crippen molar-refractivity contribution in [1.82, 2.24) is 0 Å². The molecular weight excluding hydrogens is 310 g/mol. The number of hydrogen-bond acceptors (Lipinski definition) is 4. The van der Waals surface area contributed by atoms with Crippen molar-refractivity contribution in [2.45, 2.75) is 0 Å². The first-order valence-corrected chi connectivity index (χ1v) is 7.08. The summed E-state index contributed by atoms with van der Waals surface area (Å²) >= 11 is 0. The second-order valence-corrected chi connectivity index (χ2v) is 4.82. The molecule has 6 nitrogen and oxygen atoms in total. The van der Waals surface area contributed by atoms with Crippen LogP contribution < -0.4 is 14.8 Å². The monoisotopic (exact) mass is 327 g/mol. The van der Waals surface area contributed by atoms with Crippen molar-refractivity contribution in [1.29, 1.82) is 0 Å². The van der Waals surface area contributed by atoms with E-state index in [9.17, 15) is 9.59 Å². The summed E-state index contributed by atoms with van der Waals surface area (Å²) in [6.07, 6.45) is 2.93. The SMILES string of the molecule is COc1ccc(OC)c(/C=C/C(=O)Nc2cccc(C(=O)O)c2)c1. The zero-order chi connectivity index (χ0) is 17.5. The van der Waals surface area contributed by atoms with Gasteiger partial charge in [-0.25, -0.2) is 4.79 Å². The molecule has 2 N–H and O–H groups in total. The Morgan fingerprint density at radius 3 is 2.54 bits per heavy atom. The lowest BCUT2D eigenvalue weighted by molar-refractivity contribution is -0.111. The van der Waals surface area contributed by atoms with Crippen molar-refractivity contribution in [3.63, 3.8) is 0 Å². The summed E-state index contributed by atoms with van der Waals surface area (Å²) in [4.78, 5) is 22.9. The molecule has 2 aromatic rings. The molecule has 0 spiro atoms. The Hall–Kier alpha value is -3.28. The number of aromatic carboxylic acids is 1. The van der Waals surface area contributed by atoms with Crippen LogP contribution in [0, 0.1) is 0 Å². The number of carboxylic acids is 1. The van der Waals surface area contributed by atoms with Crippen LogP contribution in [0.2, 0.25) is 0 Å². The molecule has 0 saturated heterocycles. The number of carboxylic acid groups (broad SMARTS) is 1. The molecule has 0 unspecified atom stereocenters. The second kappa shape index (κ2) is 7.82. The third kappa shape index (κ3) is 4.36. The minimum atomic E-state index is -1.05. The molecule has 6 heteroatoms. The number of hydrogen-bond donors (Lipinski definition) is 2. The van der Waals surface area contributed by atoms with E-state index in [2.05, 4.69) is 5.32 Å². The first-order chi connectivity index (χ1) is 11.5. The maximum atomic E-state index is 12.0. The lowest BCUT2D eigenvalue weighted by atomic mass is 10.1. The standard InChI is InChI=1S/C18H17NO5/c1-23-15-7-8-16(24-2)12(11-15)6-9-17(20)19-14-5-3-4-13(10-14)18(21)22/h3-11H,1-2H3,(H,19,20)(H,21,22)/b9-6+. The van der Waals surface area contributed by atoms with Crippen LogP contribution in [-0.4, -0.2) is 31.2 Å². The molecule has 0 fully saturated rings. The quantitative estimate of drug-likeness (QED) is 0.797. The highest BCUT2D eigenvalue weighted by Gasteiger charge is 2.06. The number of amides is 1. The third-order valence-electron chi connectivity index (χ3n) is 3.23. The van der Waals surface area contributed by atoms with Crippen LogP contribution in [0.5, 0.6) is 11.5 Å². The summed E-state index contributed by atoms with van der Waals surface area (Å²) < 4.78 is 10.4. The van der Waals surface area contributed by atoms with Crippen molar-refractivity contribution >= 4 is 23.6 Å². The van der Waals surface area contributed by atoms with E-state index in [1.807, 2.05) is 0 Å². The molecule has 0 bridgehead atoms. The molecular formula is C18H17NO5. The lowest BCUT2D eigenvalue weighted by Crippen LogP contribution is -2.08. The largest absolute Gasteiger partial charge is 0.497 e. The van der Waals surface area contributed by atoms with Gasteiger partial charge in [0.15, 0.2) is 0 Å². The number of carbonyl (C=O) groups is 2. The fraction of sp³-hybridized carbons (Fsp3) is 0.111. The summed E-state index contributed by atoms with van der Waals surface area (Å²) in [6, 6.07) is 11.3. The first kappa shape index (κ1) is 17.1. The topological polar surface area (TPSA) is 84.9 Å². The molecule has 0 radical (unpaired) electrons. The summed E-state index contributed by atoms with van der Waals surface area (Å²) in [5.41, 5.74) is 1.19. The first-order valence-electron chi connectivity index (χ1n) is 7.08. The van der Waals surface area contributed by atoms with Crippen LogP contribution >= 0.6 is 0 Å². The summed E-state index contributed by atoms with van der Waals surface area (Å²) in [6.45, 7) is 0. The molecule has 2 aromatic carbocycles. The van der Waals surface area contributed by atoms with Crippen LogP contribution in [0.15, 0.2) is 48.5 Å². The highest BCUT2D eigenvalue weighted by atomic mass is 16.5. The number of ether oxygens (including phenoxy) is 2. The van der Waals surface area contributed by atoms with Crippen molar-refractivity contribution in [2.75, 3.05) is 19.5 Å². The van der Waals surface area contributed by atoms with Crippen molar-refractivity contribution in [3.05, 3.63) is 59.7 Å². The molecule has 0 saturated carbocycles. The van der Waals surface area contributed by atoms with Gasteiger partial charge in [0.05, 0.1) is 19.8 Å². The lowest BCUT2D eigenvalue weighted by Gasteiger charge is -2.07. The summed E-state index contributed by atoms with van der Waals surface area (Å²) in [7, 11) is 3.09. The van der Waals surface area contributed by atoms with E-state index < -0.39 is 5.97 Å². The van der Waals surface area contributed by atoms with Crippen LogP contribution in [0.1, 0.15) is 15.9 Å². The zero-order valence-corrected chi connectivity index (χ0v) is 13.3. The van der Waals surface area contributed by atoms with Gasteiger partial charge in [-0.3, -0.25) is 4.79 Å². The van der Waals surface area contributed by atoms with Gasteiger partial charge in [0.2, 0.25) is 5.91 Å². The number of nitrogens with one attached hydrogen (secondary N) is 1. The Morgan fingerprint density at radius 2 is 1.88 bits per heavy atom. The minimum Gasteiger partial charge on any atom is -0.497 e. The van der Waals surface area contributed by atoms with Gasteiger partial charge in [-0.05, 0) is 42.5 Å². The Balaban J connectivity index is 2.13. The van der Waals surface area contributed by atoms with E-state index in [1.165, 1.54) is 25.3 Å². The molecule has 0 heterocycles. The van der Waals surface area contributed by atoms with Crippen molar-refractivity contribution in [2.24, 2.45) is 0 Å². The molecule has 0 aromatic heterocycles. The molecule has 0 aliphatic carbocycles. The van der Waals surface area contributed by atoms with Crippen molar-refractivity contribution < 1.29 is 24.2 Å². The normalized spacial score (nSPS) is 10.4. The number of carbonyl (C=O) groups excluding carboxylic acids is 1. The molecule has 0 aliphatic rings. The second-order valence-electron chi connectivity index (χ2n) is 4.82. The van der Waals surface area contributed by atoms with E-state index in [1.54, 1.807) is 43.5 Å². The highest BCUT2D eigenvalue weighted by Crippen LogP contribution is 2.25. The number of benzene rings is 2. The maximum Gasteiger partial charge on any atom is 0.335 e. The smallest absolute Gasteiger partial charge is 0.335 e. The highest BCUT2D eigenvalue weighted by molar-refractivity contribution is 6.02. The van der Waals surface area contributed by atoms with Crippen molar-refractivity contribution in [3.8, 4) is 11.5 Å². The third-order valence-corrected chi connectivity index (χ3v) is 3.23. The Kier molecular flexibility index (Phi) is 5.57. The van der Waals surface area contributed by atoms with E-state index in [4.69, 9.17) is 14.6 Å². The van der Waals surface area contributed by atoms with Crippen LogP contribution in [0.3, 0.4) is 0 Å². The van der Waals surface area contributed by atoms with Crippen LogP contribution in [-0.2, 0) is 4.79 Å². The van der Waals surface area contributed by atoms with E-state index in [-0.39, 0.29) is 11.5 Å². The van der Waals surface area contributed by atoms with Gasteiger partial charge in [0.25, 0.3) is 0 Å². The predicted octanol–water partition coefficient (Wildman–Crippen LogP) is 3.05.